The van der Waals surface area contributed by atoms with Crippen molar-refractivity contribution >= 4 is 11.6 Å². The predicted octanol–water partition coefficient (Wildman–Crippen LogP) is 0.284. The highest BCUT2D eigenvalue weighted by molar-refractivity contribution is 5.42. The van der Waals surface area contributed by atoms with Crippen LogP contribution in [-0.2, 0) is 4.74 Å². The number of ether oxygens (including phenoxy) is 1. The van der Waals surface area contributed by atoms with E-state index in [9.17, 15) is 0 Å². The summed E-state index contributed by atoms with van der Waals surface area (Å²) in [6.45, 7) is 1.82. The lowest BCUT2D eigenvalue weighted by molar-refractivity contribution is 0.121. The van der Waals surface area contributed by atoms with E-state index in [1.54, 1.807) is 19.5 Å². The summed E-state index contributed by atoms with van der Waals surface area (Å²) in [7, 11) is 1.74. The molecule has 0 bridgehead atoms. The van der Waals surface area contributed by atoms with Gasteiger partial charge in [-0.05, 0) is 6.42 Å². The van der Waals surface area contributed by atoms with Crippen LogP contribution in [-0.4, -0.2) is 36.3 Å². The molecule has 76 valence electrons. The number of methoxy groups -OCH3 is 1. The molecule has 1 unspecified atom stereocenters. The molecular formula is C9H14N4O. The summed E-state index contributed by atoms with van der Waals surface area (Å²) in [5.74, 6) is 1.30. The van der Waals surface area contributed by atoms with Crippen molar-refractivity contribution in [3.63, 3.8) is 0 Å². The molecule has 0 radical (unpaired) electrons. The highest BCUT2D eigenvalue weighted by Crippen LogP contribution is 2.19. The molecule has 0 spiro atoms. The fraction of sp³-hybridized carbons (Fsp3) is 0.556. The summed E-state index contributed by atoms with van der Waals surface area (Å²) >= 11 is 0. The van der Waals surface area contributed by atoms with Gasteiger partial charge in [-0.25, -0.2) is 4.98 Å². The minimum Gasteiger partial charge on any atom is -0.382 e. The number of hydrogen-bond acceptors (Lipinski definition) is 5. The second kappa shape index (κ2) is 3.79. The zero-order chi connectivity index (χ0) is 9.97. The third-order valence-electron chi connectivity index (χ3n) is 2.44. The van der Waals surface area contributed by atoms with Gasteiger partial charge in [0.25, 0.3) is 0 Å². The predicted molar refractivity (Wildman–Crippen MR) is 54.1 cm³/mol. The molecule has 1 aliphatic rings. The summed E-state index contributed by atoms with van der Waals surface area (Å²) in [4.78, 5) is 10.4. The van der Waals surface area contributed by atoms with Crippen molar-refractivity contribution in [3.8, 4) is 0 Å². The quantitative estimate of drug-likeness (QED) is 0.732. The highest BCUT2D eigenvalue weighted by Gasteiger charge is 2.23. The van der Waals surface area contributed by atoms with Crippen molar-refractivity contribution in [3.05, 3.63) is 12.4 Å². The van der Waals surface area contributed by atoms with Crippen LogP contribution in [0.3, 0.4) is 0 Å². The van der Waals surface area contributed by atoms with E-state index in [4.69, 9.17) is 10.5 Å². The van der Waals surface area contributed by atoms with Crippen LogP contribution in [0.5, 0.6) is 0 Å². The second-order valence-corrected chi connectivity index (χ2v) is 3.39. The molecule has 0 amide bonds. The van der Waals surface area contributed by atoms with Crippen molar-refractivity contribution in [2.24, 2.45) is 0 Å². The first-order chi connectivity index (χ1) is 6.79. The molecule has 1 saturated heterocycles. The molecular weight excluding hydrogens is 180 g/mol. The maximum atomic E-state index is 5.56. The van der Waals surface area contributed by atoms with Crippen LogP contribution in [0, 0.1) is 0 Å². The standard InChI is InChI=1S/C9H14N4O/c1-14-7-2-3-13(6-7)9-5-11-4-8(10)12-9/h4-5,7H,2-3,6H2,1H3,(H2,10,12). The van der Waals surface area contributed by atoms with Crippen LogP contribution >= 0.6 is 0 Å². The zero-order valence-corrected chi connectivity index (χ0v) is 8.18. The molecule has 1 atom stereocenters. The minimum absolute atomic E-state index is 0.304. The van der Waals surface area contributed by atoms with E-state index in [2.05, 4.69) is 14.9 Å². The first kappa shape index (κ1) is 9.21. The lowest BCUT2D eigenvalue weighted by Gasteiger charge is -2.16. The number of rotatable bonds is 2. The van der Waals surface area contributed by atoms with Gasteiger partial charge in [0.15, 0.2) is 0 Å². The first-order valence-electron chi connectivity index (χ1n) is 4.65. The molecule has 0 saturated carbocycles. The lowest BCUT2D eigenvalue weighted by Crippen LogP contribution is -2.23. The van der Waals surface area contributed by atoms with Gasteiger partial charge in [0.05, 0.1) is 18.5 Å². The highest BCUT2D eigenvalue weighted by atomic mass is 16.5. The van der Waals surface area contributed by atoms with Gasteiger partial charge in [-0.2, -0.15) is 0 Å². The molecule has 5 heteroatoms. The Balaban J connectivity index is 2.09. The van der Waals surface area contributed by atoms with E-state index in [0.29, 0.717) is 11.9 Å². The average Bonchev–Trinajstić information content (AvgIpc) is 2.66. The Morgan fingerprint density at radius 3 is 3.07 bits per heavy atom. The van der Waals surface area contributed by atoms with Crippen LogP contribution in [0.4, 0.5) is 11.6 Å². The van der Waals surface area contributed by atoms with Crippen molar-refractivity contribution in [2.75, 3.05) is 30.8 Å². The summed E-state index contributed by atoms with van der Waals surface area (Å²) in [5, 5.41) is 0. The number of nitrogen functional groups attached to an aromatic ring is 1. The SMILES string of the molecule is COC1CCN(c2cncc(N)n2)C1. The summed E-state index contributed by atoms with van der Waals surface area (Å²) < 4.78 is 5.27. The molecule has 0 aromatic carbocycles. The van der Waals surface area contributed by atoms with Crippen LogP contribution in [0.15, 0.2) is 12.4 Å². The largest absolute Gasteiger partial charge is 0.382 e. The molecule has 2 N–H and O–H groups in total. The Hall–Kier alpha value is -1.36. The van der Waals surface area contributed by atoms with Gasteiger partial charge >= 0.3 is 0 Å². The van der Waals surface area contributed by atoms with E-state index < -0.39 is 0 Å². The Morgan fingerprint density at radius 1 is 1.57 bits per heavy atom. The van der Waals surface area contributed by atoms with Crippen molar-refractivity contribution < 1.29 is 4.74 Å². The lowest BCUT2D eigenvalue weighted by atomic mass is 10.3. The molecule has 0 aliphatic carbocycles. The van der Waals surface area contributed by atoms with Crippen LogP contribution in [0.25, 0.3) is 0 Å². The van der Waals surface area contributed by atoms with Crippen molar-refractivity contribution in [1.29, 1.82) is 0 Å². The molecule has 1 aromatic rings. The Kier molecular flexibility index (Phi) is 2.49. The monoisotopic (exact) mass is 194 g/mol. The van der Waals surface area contributed by atoms with Crippen LogP contribution in [0.2, 0.25) is 0 Å². The number of hydrogen-bond donors (Lipinski definition) is 1. The van der Waals surface area contributed by atoms with E-state index in [-0.39, 0.29) is 0 Å². The van der Waals surface area contributed by atoms with E-state index in [1.165, 1.54) is 0 Å². The number of anilines is 2. The fourth-order valence-corrected chi connectivity index (χ4v) is 1.65. The van der Waals surface area contributed by atoms with Gasteiger partial charge in [-0.3, -0.25) is 4.98 Å². The summed E-state index contributed by atoms with van der Waals surface area (Å²) in [6.07, 6.45) is 4.62. The van der Waals surface area contributed by atoms with E-state index >= 15 is 0 Å². The van der Waals surface area contributed by atoms with Gasteiger partial charge in [0, 0.05) is 20.2 Å². The molecule has 14 heavy (non-hydrogen) atoms. The normalized spacial score (nSPS) is 21.5. The Bertz CT molecular complexity index is 317. The Labute approximate surface area is 82.9 Å². The van der Waals surface area contributed by atoms with Gasteiger partial charge in [-0.1, -0.05) is 0 Å². The summed E-state index contributed by atoms with van der Waals surface area (Å²) in [5.41, 5.74) is 5.56. The smallest absolute Gasteiger partial charge is 0.149 e. The second-order valence-electron chi connectivity index (χ2n) is 3.39. The van der Waals surface area contributed by atoms with Gasteiger partial charge in [0.2, 0.25) is 0 Å². The zero-order valence-electron chi connectivity index (χ0n) is 8.18. The molecule has 1 aromatic heterocycles. The first-order valence-corrected chi connectivity index (χ1v) is 4.65. The van der Waals surface area contributed by atoms with Crippen LogP contribution < -0.4 is 10.6 Å². The van der Waals surface area contributed by atoms with Crippen LogP contribution in [0.1, 0.15) is 6.42 Å². The Morgan fingerprint density at radius 2 is 2.43 bits per heavy atom. The van der Waals surface area contributed by atoms with E-state index in [1.807, 2.05) is 0 Å². The maximum Gasteiger partial charge on any atom is 0.149 e. The van der Waals surface area contributed by atoms with Crippen molar-refractivity contribution in [1.82, 2.24) is 9.97 Å². The number of nitrogens with two attached hydrogens (primary N) is 1. The topological polar surface area (TPSA) is 64.3 Å². The van der Waals surface area contributed by atoms with Gasteiger partial charge in [-0.15, -0.1) is 0 Å². The van der Waals surface area contributed by atoms with Gasteiger partial charge < -0.3 is 15.4 Å². The maximum absolute atomic E-state index is 5.56. The molecule has 5 nitrogen and oxygen atoms in total. The third-order valence-corrected chi connectivity index (χ3v) is 2.44. The fourth-order valence-electron chi connectivity index (χ4n) is 1.65. The minimum atomic E-state index is 0.304. The van der Waals surface area contributed by atoms with Crippen molar-refractivity contribution in [2.45, 2.75) is 12.5 Å². The van der Waals surface area contributed by atoms with E-state index in [0.717, 1.165) is 25.3 Å². The molecule has 2 heterocycles. The average molecular weight is 194 g/mol. The van der Waals surface area contributed by atoms with Gasteiger partial charge in [0.1, 0.15) is 11.6 Å². The molecule has 2 rings (SSSR count). The summed E-state index contributed by atoms with van der Waals surface area (Å²) in [6, 6.07) is 0. The number of nitrogens with zero attached hydrogens (tertiary/aromatic N) is 3. The molecule has 1 aliphatic heterocycles. The molecule has 1 fully saturated rings. The number of aromatic nitrogens is 2. The third kappa shape index (κ3) is 1.77.